The minimum Gasteiger partial charge on any atom is -0.361 e. The zero-order valence-corrected chi connectivity index (χ0v) is 5.87. The lowest BCUT2D eigenvalue weighted by Crippen LogP contribution is -1.72. The third kappa shape index (κ3) is 3.05. The number of nitrogens with zero attached hydrogens (tertiary/aromatic N) is 2. The number of allylic oxidation sites excluding steroid dienone is 1. The molecule has 44 valence electrons. The molecule has 8 heavy (non-hydrogen) atoms. The van der Waals surface area contributed by atoms with Crippen molar-refractivity contribution in [2.24, 2.45) is 0 Å². The van der Waals surface area contributed by atoms with E-state index < -0.39 is 0 Å². The molecule has 0 spiro atoms. The highest BCUT2D eigenvalue weighted by Crippen LogP contribution is 2.14. The molecule has 0 aromatic rings. The van der Waals surface area contributed by atoms with E-state index in [0.717, 1.165) is 6.21 Å². The number of rotatable bonds is 1. The summed E-state index contributed by atoms with van der Waals surface area (Å²) in [6, 6.07) is 0. The van der Waals surface area contributed by atoms with E-state index in [1.807, 2.05) is 0 Å². The molecule has 0 bridgehead atoms. The van der Waals surface area contributed by atoms with E-state index >= 15 is 0 Å². The summed E-state index contributed by atoms with van der Waals surface area (Å²) in [5.41, 5.74) is 7.82. The summed E-state index contributed by atoms with van der Waals surface area (Å²) < 4.78 is -0.121. The molecule has 0 radical (unpaired) electrons. The molecule has 0 unspecified atom stereocenters. The Bertz CT molecular complexity index is 152. The molecule has 0 rings (SSSR count). The van der Waals surface area contributed by atoms with Crippen molar-refractivity contribution >= 4 is 41.0 Å². The maximum absolute atomic E-state index is 7.82. The van der Waals surface area contributed by atoms with Crippen LogP contribution in [0.3, 0.4) is 0 Å². The minimum atomic E-state index is -0.121. The highest BCUT2D eigenvalue weighted by atomic mass is 35.5. The van der Waals surface area contributed by atoms with Gasteiger partial charge in [-0.2, -0.15) is 4.79 Å². The first kappa shape index (κ1) is 7.99. The average Bonchev–Trinajstić information content (AvgIpc) is 1.67. The predicted octanol–water partition coefficient (Wildman–Crippen LogP) is 2.17. The van der Waals surface area contributed by atoms with Crippen molar-refractivity contribution in [3.8, 4) is 0 Å². The molecule has 0 aliphatic rings. The van der Waals surface area contributed by atoms with E-state index in [4.69, 9.17) is 40.3 Å². The molecule has 2 nitrogen and oxygen atoms in total. The molecule has 0 aromatic carbocycles. The Morgan fingerprint density at radius 2 is 1.88 bits per heavy atom. The fraction of sp³-hybridized carbons (Fsp3) is 0. The van der Waals surface area contributed by atoms with Gasteiger partial charge in [-0.1, -0.05) is 34.8 Å². The lowest BCUT2D eigenvalue weighted by molar-refractivity contribution is 0.00479. The van der Waals surface area contributed by atoms with Gasteiger partial charge in [-0.15, -0.1) is 0 Å². The van der Waals surface area contributed by atoms with Crippen molar-refractivity contribution < 1.29 is 4.79 Å². The van der Waals surface area contributed by atoms with Gasteiger partial charge in [0.25, 0.3) is 0 Å². The van der Waals surface area contributed by atoms with Crippen LogP contribution < -0.4 is 0 Å². The molecule has 0 saturated heterocycles. The zero-order chi connectivity index (χ0) is 6.57. The van der Waals surface area contributed by atoms with Crippen LogP contribution in [-0.4, -0.2) is 11.0 Å². The van der Waals surface area contributed by atoms with Crippen molar-refractivity contribution in [3.05, 3.63) is 15.1 Å². The van der Waals surface area contributed by atoms with Gasteiger partial charge in [0.15, 0.2) is 5.03 Å². The van der Waals surface area contributed by atoms with Crippen molar-refractivity contribution in [2.75, 3.05) is 0 Å². The standard InChI is InChI=1S/C3HCl3N2/c4-2(1-8-7)3(5)6/h1H. The second-order valence-corrected chi connectivity index (χ2v) is 2.21. The largest absolute Gasteiger partial charge is 0.361 e. The van der Waals surface area contributed by atoms with E-state index in [2.05, 4.69) is 4.79 Å². The van der Waals surface area contributed by atoms with Crippen molar-refractivity contribution in [1.29, 1.82) is 0 Å². The fourth-order valence-electron chi connectivity index (χ4n) is 0.0995. The van der Waals surface area contributed by atoms with Gasteiger partial charge >= 0.3 is 6.21 Å². The Morgan fingerprint density at radius 3 is 2.00 bits per heavy atom. The molecule has 0 heterocycles. The second-order valence-electron chi connectivity index (χ2n) is 0.853. The summed E-state index contributed by atoms with van der Waals surface area (Å²) >= 11 is 15.5. The molecule has 0 saturated carbocycles. The highest BCUT2D eigenvalue weighted by molar-refractivity contribution is 6.61. The van der Waals surface area contributed by atoms with Crippen molar-refractivity contribution in [2.45, 2.75) is 0 Å². The summed E-state index contributed by atoms with van der Waals surface area (Å²) in [6.07, 6.45) is 0.927. The lowest BCUT2D eigenvalue weighted by Gasteiger charge is -1.76. The molecular weight excluding hydrogens is 170 g/mol. The maximum atomic E-state index is 7.82. The summed E-state index contributed by atoms with van der Waals surface area (Å²) in [5, 5.41) is 0.0100. The Labute approximate surface area is 61.3 Å². The van der Waals surface area contributed by atoms with Gasteiger partial charge in [0, 0.05) is 0 Å². The molecule has 0 amide bonds. The first-order chi connectivity index (χ1) is 3.68. The molecular formula is C3HCl3N2. The van der Waals surface area contributed by atoms with Gasteiger partial charge in [0.1, 0.15) is 4.49 Å². The van der Waals surface area contributed by atoms with Gasteiger partial charge in [-0.3, -0.25) is 0 Å². The maximum Gasteiger partial charge on any atom is 0.301 e. The Balaban J connectivity index is 4.22. The third-order valence-corrected chi connectivity index (χ3v) is 1.24. The van der Waals surface area contributed by atoms with Crippen LogP contribution in [-0.2, 0) is 0 Å². The molecule has 0 aliphatic heterocycles. The van der Waals surface area contributed by atoms with Crippen LogP contribution >= 0.6 is 34.8 Å². The van der Waals surface area contributed by atoms with Gasteiger partial charge in [-0.05, 0) is 0 Å². The summed E-state index contributed by atoms with van der Waals surface area (Å²) in [5.74, 6) is 0. The Kier molecular flexibility index (Phi) is 3.92. The molecule has 0 fully saturated rings. The average molecular weight is 171 g/mol. The Hall–Kier alpha value is -0.0100. The molecule has 0 aliphatic carbocycles. The lowest BCUT2D eigenvalue weighted by atomic mass is 10.7. The SMILES string of the molecule is [N-]=[N+]=CC(Cl)=C(Cl)Cl. The number of hydrogen-bond acceptors (Lipinski definition) is 0. The van der Waals surface area contributed by atoms with Gasteiger partial charge in [0.2, 0.25) is 0 Å². The van der Waals surface area contributed by atoms with Gasteiger partial charge in [-0.25, -0.2) is 0 Å². The van der Waals surface area contributed by atoms with E-state index in [1.54, 1.807) is 0 Å². The first-order valence-electron chi connectivity index (χ1n) is 1.56. The van der Waals surface area contributed by atoms with Crippen LogP contribution in [0.1, 0.15) is 0 Å². The van der Waals surface area contributed by atoms with Gasteiger partial charge in [0.05, 0.1) is 0 Å². The zero-order valence-electron chi connectivity index (χ0n) is 3.61. The summed E-state index contributed by atoms with van der Waals surface area (Å²) in [4.78, 5) is 2.57. The monoisotopic (exact) mass is 170 g/mol. The summed E-state index contributed by atoms with van der Waals surface area (Å²) in [7, 11) is 0. The quantitative estimate of drug-likeness (QED) is 0.329. The van der Waals surface area contributed by atoms with E-state index in [0.29, 0.717) is 0 Å². The molecule has 0 atom stereocenters. The van der Waals surface area contributed by atoms with Crippen LogP contribution in [0, 0.1) is 0 Å². The van der Waals surface area contributed by atoms with E-state index in [9.17, 15) is 0 Å². The van der Waals surface area contributed by atoms with Crippen molar-refractivity contribution in [1.82, 2.24) is 0 Å². The van der Waals surface area contributed by atoms with E-state index in [-0.39, 0.29) is 9.52 Å². The minimum absolute atomic E-state index is 0.0100. The van der Waals surface area contributed by atoms with Crippen LogP contribution in [0.15, 0.2) is 9.52 Å². The first-order valence-corrected chi connectivity index (χ1v) is 2.70. The summed E-state index contributed by atoms with van der Waals surface area (Å²) in [6.45, 7) is 0. The Morgan fingerprint density at radius 1 is 1.38 bits per heavy atom. The van der Waals surface area contributed by atoms with E-state index in [1.165, 1.54) is 0 Å². The third-order valence-electron chi connectivity index (χ3n) is 0.352. The molecule has 0 N–H and O–H groups in total. The number of halogens is 3. The normalized spacial score (nSPS) is 7.38. The molecule has 0 aromatic heterocycles. The van der Waals surface area contributed by atoms with Crippen LogP contribution in [0.2, 0.25) is 0 Å². The van der Waals surface area contributed by atoms with Crippen LogP contribution in [0.25, 0.3) is 5.53 Å². The van der Waals surface area contributed by atoms with Crippen LogP contribution in [0.5, 0.6) is 0 Å². The molecule has 5 heteroatoms. The van der Waals surface area contributed by atoms with Crippen LogP contribution in [0.4, 0.5) is 0 Å². The highest BCUT2D eigenvalue weighted by Gasteiger charge is 1.96. The topological polar surface area (TPSA) is 36.4 Å². The smallest absolute Gasteiger partial charge is 0.301 e. The fourth-order valence-corrected chi connectivity index (χ4v) is 0.241. The van der Waals surface area contributed by atoms with Gasteiger partial charge < -0.3 is 5.53 Å². The number of hydrogen-bond donors (Lipinski definition) is 0. The second kappa shape index (κ2) is 3.93. The predicted molar refractivity (Wildman–Crippen MR) is 34.3 cm³/mol. The van der Waals surface area contributed by atoms with Crippen molar-refractivity contribution in [3.63, 3.8) is 0 Å².